The Balaban J connectivity index is 1.68. The van der Waals surface area contributed by atoms with Gasteiger partial charge in [-0.1, -0.05) is 6.92 Å². The van der Waals surface area contributed by atoms with Crippen molar-refractivity contribution >= 4 is 0 Å². The van der Waals surface area contributed by atoms with Gasteiger partial charge in [-0.2, -0.15) is 0 Å². The highest BCUT2D eigenvalue weighted by atomic mass is 15.1. The molecule has 1 aromatic rings. The van der Waals surface area contributed by atoms with Crippen LogP contribution in [-0.4, -0.2) is 40.5 Å². The number of piperidine rings is 1. The first kappa shape index (κ1) is 12.5. The monoisotopic (exact) mass is 234 g/mol. The normalized spacial score (nSPS) is 18.4. The highest BCUT2D eigenvalue weighted by Crippen LogP contribution is 2.10. The second-order valence-electron chi connectivity index (χ2n) is 4.66. The van der Waals surface area contributed by atoms with Gasteiger partial charge in [0.25, 0.3) is 0 Å². The summed E-state index contributed by atoms with van der Waals surface area (Å²) < 4.78 is 0. The first-order chi connectivity index (χ1) is 8.38. The quantitative estimate of drug-likeness (QED) is 0.837. The zero-order valence-electron chi connectivity index (χ0n) is 10.6. The van der Waals surface area contributed by atoms with Crippen LogP contribution in [0.1, 0.15) is 32.0 Å². The van der Waals surface area contributed by atoms with Gasteiger partial charge in [-0.3, -0.25) is 0 Å². The van der Waals surface area contributed by atoms with Gasteiger partial charge in [0.2, 0.25) is 0 Å². The molecule has 2 heterocycles. The van der Waals surface area contributed by atoms with E-state index in [1.165, 1.54) is 38.9 Å². The van der Waals surface area contributed by atoms with E-state index in [0.29, 0.717) is 6.04 Å². The lowest BCUT2D eigenvalue weighted by Gasteiger charge is -2.32. The van der Waals surface area contributed by atoms with Crippen molar-refractivity contribution in [3.63, 3.8) is 0 Å². The lowest BCUT2D eigenvalue weighted by Crippen LogP contribution is -2.42. The number of likely N-dealkylation sites (tertiary alicyclic amines) is 1. The second-order valence-corrected chi connectivity index (χ2v) is 4.66. The minimum absolute atomic E-state index is 0.631. The molecule has 0 spiro atoms. The number of hydrogen-bond donors (Lipinski definition) is 1. The molecule has 94 valence electrons. The van der Waals surface area contributed by atoms with Gasteiger partial charge in [-0.15, -0.1) is 0 Å². The molecule has 1 saturated heterocycles. The molecule has 0 unspecified atom stereocenters. The van der Waals surface area contributed by atoms with Crippen molar-refractivity contribution in [1.82, 2.24) is 20.2 Å². The van der Waals surface area contributed by atoms with Crippen LogP contribution in [0.3, 0.4) is 0 Å². The van der Waals surface area contributed by atoms with Gasteiger partial charge in [0.05, 0.1) is 6.54 Å². The molecule has 17 heavy (non-hydrogen) atoms. The summed E-state index contributed by atoms with van der Waals surface area (Å²) in [4.78, 5) is 11.0. The molecule has 2 rings (SSSR count). The van der Waals surface area contributed by atoms with E-state index in [1.807, 2.05) is 6.07 Å². The third-order valence-electron chi connectivity index (χ3n) is 3.30. The van der Waals surface area contributed by atoms with Crippen molar-refractivity contribution in [3.05, 3.63) is 24.3 Å². The summed E-state index contributed by atoms with van der Waals surface area (Å²) in [5.74, 6) is 0.892. The van der Waals surface area contributed by atoms with Crippen LogP contribution >= 0.6 is 0 Å². The Hall–Kier alpha value is -1.00. The summed E-state index contributed by atoms with van der Waals surface area (Å²) >= 11 is 0. The topological polar surface area (TPSA) is 41.0 Å². The first-order valence-electron chi connectivity index (χ1n) is 6.60. The van der Waals surface area contributed by atoms with Gasteiger partial charge < -0.3 is 10.2 Å². The van der Waals surface area contributed by atoms with Crippen LogP contribution in [0.15, 0.2) is 18.5 Å². The fraction of sp³-hybridized carbons (Fsp3) is 0.692. The van der Waals surface area contributed by atoms with Gasteiger partial charge in [0, 0.05) is 18.4 Å². The van der Waals surface area contributed by atoms with Crippen LogP contribution in [0.4, 0.5) is 0 Å². The third-order valence-corrected chi connectivity index (χ3v) is 3.30. The fourth-order valence-corrected chi connectivity index (χ4v) is 2.33. The Kier molecular flexibility index (Phi) is 4.88. The van der Waals surface area contributed by atoms with Crippen LogP contribution in [-0.2, 0) is 6.54 Å². The standard InChI is InChI=1S/C13H22N4/c1-2-8-17-9-4-12(5-10-17)16-11-13-14-6-3-7-15-13/h3,6-7,12,16H,2,4-5,8-11H2,1H3. The summed E-state index contributed by atoms with van der Waals surface area (Å²) in [6.07, 6.45) is 7.34. The maximum Gasteiger partial charge on any atom is 0.141 e. The van der Waals surface area contributed by atoms with Crippen LogP contribution in [0.25, 0.3) is 0 Å². The van der Waals surface area contributed by atoms with Gasteiger partial charge in [-0.05, 0) is 45.0 Å². The van der Waals surface area contributed by atoms with Crippen molar-refractivity contribution in [2.24, 2.45) is 0 Å². The molecule has 1 aliphatic rings. The van der Waals surface area contributed by atoms with Crippen LogP contribution < -0.4 is 5.32 Å². The first-order valence-corrected chi connectivity index (χ1v) is 6.60. The van der Waals surface area contributed by atoms with E-state index in [9.17, 15) is 0 Å². The zero-order chi connectivity index (χ0) is 11.9. The van der Waals surface area contributed by atoms with Gasteiger partial charge in [-0.25, -0.2) is 9.97 Å². The number of nitrogens with one attached hydrogen (secondary N) is 1. The number of aromatic nitrogens is 2. The summed E-state index contributed by atoms with van der Waals surface area (Å²) in [7, 11) is 0. The maximum atomic E-state index is 4.22. The Labute approximate surface area is 103 Å². The molecule has 1 aromatic heterocycles. The van der Waals surface area contributed by atoms with Crippen LogP contribution in [0, 0.1) is 0 Å². The van der Waals surface area contributed by atoms with Crippen molar-refractivity contribution < 1.29 is 0 Å². The SMILES string of the molecule is CCCN1CCC(NCc2ncccn2)CC1. The number of rotatable bonds is 5. The highest BCUT2D eigenvalue weighted by molar-refractivity contribution is 4.89. The lowest BCUT2D eigenvalue weighted by molar-refractivity contribution is 0.197. The smallest absolute Gasteiger partial charge is 0.141 e. The largest absolute Gasteiger partial charge is 0.307 e. The molecule has 1 aliphatic heterocycles. The Morgan fingerprint density at radius 2 is 2.00 bits per heavy atom. The van der Waals surface area contributed by atoms with E-state index in [0.717, 1.165) is 12.4 Å². The molecule has 0 saturated carbocycles. The van der Waals surface area contributed by atoms with Crippen molar-refractivity contribution in [2.45, 2.75) is 38.8 Å². The van der Waals surface area contributed by atoms with Crippen LogP contribution in [0.2, 0.25) is 0 Å². The zero-order valence-corrected chi connectivity index (χ0v) is 10.6. The molecular formula is C13H22N4. The van der Waals surface area contributed by atoms with E-state index in [2.05, 4.69) is 27.1 Å². The fourth-order valence-electron chi connectivity index (χ4n) is 2.33. The minimum Gasteiger partial charge on any atom is -0.307 e. The molecule has 0 bridgehead atoms. The van der Waals surface area contributed by atoms with Crippen LogP contribution in [0.5, 0.6) is 0 Å². The molecule has 1 fully saturated rings. The summed E-state index contributed by atoms with van der Waals surface area (Å²) in [5, 5.41) is 3.55. The maximum absolute atomic E-state index is 4.22. The average Bonchev–Trinajstić information content (AvgIpc) is 2.40. The molecular weight excluding hydrogens is 212 g/mol. The van der Waals surface area contributed by atoms with E-state index in [4.69, 9.17) is 0 Å². The lowest BCUT2D eigenvalue weighted by atomic mass is 10.0. The predicted octanol–water partition coefficient (Wildman–Crippen LogP) is 1.44. The molecule has 0 amide bonds. The third kappa shape index (κ3) is 4.06. The second kappa shape index (κ2) is 6.67. The van der Waals surface area contributed by atoms with Crippen molar-refractivity contribution in [3.8, 4) is 0 Å². The average molecular weight is 234 g/mol. The summed E-state index contributed by atoms with van der Waals surface area (Å²) in [5.41, 5.74) is 0. The van der Waals surface area contributed by atoms with E-state index in [-0.39, 0.29) is 0 Å². The van der Waals surface area contributed by atoms with E-state index >= 15 is 0 Å². The molecule has 0 radical (unpaired) electrons. The molecule has 0 aromatic carbocycles. The Morgan fingerprint density at radius 1 is 1.29 bits per heavy atom. The highest BCUT2D eigenvalue weighted by Gasteiger charge is 2.17. The van der Waals surface area contributed by atoms with Gasteiger partial charge in [0.15, 0.2) is 0 Å². The van der Waals surface area contributed by atoms with Gasteiger partial charge in [0.1, 0.15) is 5.82 Å². The van der Waals surface area contributed by atoms with Crippen molar-refractivity contribution in [1.29, 1.82) is 0 Å². The molecule has 0 aliphatic carbocycles. The molecule has 4 nitrogen and oxygen atoms in total. The Bertz CT molecular complexity index is 306. The molecule has 1 N–H and O–H groups in total. The Morgan fingerprint density at radius 3 is 2.65 bits per heavy atom. The van der Waals surface area contributed by atoms with E-state index in [1.54, 1.807) is 12.4 Å². The van der Waals surface area contributed by atoms with Gasteiger partial charge >= 0.3 is 0 Å². The summed E-state index contributed by atoms with van der Waals surface area (Å²) in [6, 6.07) is 2.49. The summed E-state index contributed by atoms with van der Waals surface area (Å²) in [6.45, 7) is 6.73. The molecule has 4 heteroatoms. The number of hydrogen-bond acceptors (Lipinski definition) is 4. The molecule has 0 atom stereocenters. The van der Waals surface area contributed by atoms with E-state index < -0.39 is 0 Å². The number of nitrogens with zero attached hydrogens (tertiary/aromatic N) is 3. The van der Waals surface area contributed by atoms with Crippen molar-refractivity contribution in [2.75, 3.05) is 19.6 Å². The predicted molar refractivity (Wildman–Crippen MR) is 68.6 cm³/mol. The minimum atomic E-state index is 0.631.